The van der Waals surface area contributed by atoms with Gasteiger partial charge in [0.25, 0.3) is 0 Å². The summed E-state index contributed by atoms with van der Waals surface area (Å²) in [5.41, 5.74) is 3.78. The third kappa shape index (κ3) is 0.983. The van der Waals surface area contributed by atoms with Crippen LogP contribution in [0.1, 0.15) is 6.92 Å². The Hall–Kier alpha value is -0.880. The van der Waals surface area contributed by atoms with Crippen LogP contribution in [0.15, 0.2) is 27.7 Å². The second-order valence-electron chi connectivity index (χ2n) is 1.36. The summed E-state index contributed by atoms with van der Waals surface area (Å²) in [5, 5.41) is 7.46. The van der Waals surface area contributed by atoms with E-state index in [0.717, 1.165) is 5.70 Å². The van der Waals surface area contributed by atoms with E-state index in [1.54, 1.807) is 0 Å². The van der Waals surface area contributed by atoms with Crippen LogP contribution in [0.25, 0.3) is 0 Å². The minimum Gasteiger partial charge on any atom is -0.184 e. The molecule has 2 heteroatoms. The second kappa shape index (κ2) is 1.71. The molecule has 0 bridgehead atoms. The SMILES string of the molecule is CC1=C=CCN=N1. The number of rotatable bonds is 0. The van der Waals surface area contributed by atoms with Crippen molar-refractivity contribution in [3.63, 3.8) is 0 Å². The molecule has 0 aromatic rings. The molecule has 0 unspecified atom stereocenters. The van der Waals surface area contributed by atoms with E-state index < -0.39 is 0 Å². The number of hydrogen-bond donors (Lipinski definition) is 0. The smallest absolute Gasteiger partial charge is 0.101 e. The van der Waals surface area contributed by atoms with Crippen LogP contribution in [-0.4, -0.2) is 6.54 Å². The minimum atomic E-state index is 0.692. The molecule has 2 nitrogen and oxygen atoms in total. The summed E-state index contributed by atoms with van der Waals surface area (Å²) in [5.74, 6) is 0. The molecule has 0 aromatic carbocycles. The molecule has 0 N–H and O–H groups in total. The average molecular weight is 94.1 g/mol. The third-order valence-corrected chi connectivity index (χ3v) is 0.705. The van der Waals surface area contributed by atoms with Gasteiger partial charge >= 0.3 is 0 Å². The van der Waals surface area contributed by atoms with Crippen molar-refractivity contribution in [1.29, 1.82) is 0 Å². The maximum Gasteiger partial charge on any atom is 0.101 e. The van der Waals surface area contributed by atoms with Crippen molar-refractivity contribution in [2.45, 2.75) is 6.92 Å². The van der Waals surface area contributed by atoms with Crippen molar-refractivity contribution in [3.8, 4) is 0 Å². The van der Waals surface area contributed by atoms with Crippen LogP contribution in [0.3, 0.4) is 0 Å². The van der Waals surface area contributed by atoms with Crippen molar-refractivity contribution in [3.05, 3.63) is 17.5 Å². The predicted molar refractivity (Wildman–Crippen MR) is 27.0 cm³/mol. The van der Waals surface area contributed by atoms with E-state index in [9.17, 15) is 0 Å². The molecule has 0 saturated carbocycles. The lowest BCUT2D eigenvalue weighted by Crippen LogP contribution is -1.74. The van der Waals surface area contributed by atoms with Crippen LogP contribution >= 0.6 is 0 Å². The summed E-state index contributed by atoms with van der Waals surface area (Å²) in [7, 11) is 0. The summed E-state index contributed by atoms with van der Waals surface area (Å²) in [6.07, 6.45) is 1.86. The molecule has 0 radical (unpaired) electrons. The lowest BCUT2D eigenvalue weighted by molar-refractivity contribution is 0.995. The van der Waals surface area contributed by atoms with Crippen molar-refractivity contribution in [2.75, 3.05) is 6.54 Å². The third-order valence-electron chi connectivity index (χ3n) is 0.705. The van der Waals surface area contributed by atoms with Crippen LogP contribution in [0, 0.1) is 0 Å². The van der Waals surface area contributed by atoms with E-state index in [-0.39, 0.29) is 0 Å². The van der Waals surface area contributed by atoms with Crippen LogP contribution in [0.4, 0.5) is 0 Å². The molecule has 0 aromatic heterocycles. The Morgan fingerprint density at radius 1 is 1.86 bits per heavy atom. The molecule has 0 amide bonds. The first-order chi connectivity index (χ1) is 3.39. The van der Waals surface area contributed by atoms with Crippen molar-refractivity contribution in [1.82, 2.24) is 0 Å². The van der Waals surface area contributed by atoms with Crippen molar-refractivity contribution in [2.24, 2.45) is 10.2 Å². The molecule has 1 heterocycles. The van der Waals surface area contributed by atoms with Gasteiger partial charge in [-0.3, -0.25) is 0 Å². The first kappa shape index (κ1) is 4.28. The Labute approximate surface area is 42.3 Å². The van der Waals surface area contributed by atoms with Crippen molar-refractivity contribution >= 4 is 0 Å². The maximum atomic E-state index is 3.73. The summed E-state index contributed by atoms with van der Waals surface area (Å²) >= 11 is 0. The molecule has 7 heavy (non-hydrogen) atoms. The van der Waals surface area contributed by atoms with Gasteiger partial charge in [-0.1, -0.05) is 5.73 Å². The molecule has 0 saturated heterocycles. The highest BCUT2D eigenvalue weighted by atomic mass is 15.1. The Kier molecular flexibility index (Phi) is 1.05. The van der Waals surface area contributed by atoms with Crippen LogP contribution in [0.2, 0.25) is 0 Å². The van der Waals surface area contributed by atoms with E-state index in [0.29, 0.717) is 6.54 Å². The summed E-state index contributed by atoms with van der Waals surface area (Å²) < 4.78 is 0. The topological polar surface area (TPSA) is 24.7 Å². The Bertz CT molecular complexity index is 149. The Morgan fingerprint density at radius 2 is 2.71 bits per heavy atom. The lowest BCUT2D eigenvalue weighted by Gasteiger charge is -1.86. The average Bonchev–Trinajstić information content (AvgIpc) is 1.69. The summed E-state index contributed by atoms with van der Waals surface area (Å²) in [4.78, 5) is 0. The van der Waals surface area contributed by atoms with Gasteiger partial charge in [0.2, 0.25) is 0 Å². The standard InChI is InChI=1S/C5H6N2/c1-5-3-2-4-6-7-5/h2H,4H2,1H3. The minimum absolute atomic E-state index is 0.692. The highest BCUT2D eigenvalue weighted by Crippen LogP contribution is 1.96. The van der Waals surface area contributed by atoms with E-state index in [4.69, 9.17) is 0 Å². The Morgan fingerprint density at radius 3 is 3.00 bits per heavy atom. The fourth-order valence-electron chi connectivity index (χ4n) is 0.410. The van der Waals surface area contributed by atoms with Gasteiger partial charge in [-0.2, -0.15) is 10.2 Å². The molecule has 0 atom stereocenters. The van der Waals surface area contributed by atoms with Gasteiger partial charge in [0.1, 0.15) is 5.70 Å². The molecule has 1 aliphatic rings. The van der Waals surface area contributed by atoms with Gasteiger partial charge in [-0.25, -0.2) is 0 Å². The first-order valence-electron chi connectivity index (χ1n) is 2.19. The van der Waals surface area contributed by atoms with Crippen molar-refractivity contribution < 1.29 is 0 Å². The fourth-order valence-corrected chi connectivity index (χ4v) is 0.410. The quantitative estimate of drug-likeness (QED) is 0.406. The predicted octanol–water partition coefficient (Wildman–Crippen LogP) is 1.51. The number of azo groups is 1. The molecular weight excluding hydrogens is 88.1 g/mol. The second-order valence-corrected chi connectivity index (χ2v) is 1.36. The fraction of sp³-hybridized carbons (Fsp3) is 0.400. The molecule has 1 rings (SSSR count). The zero-order valence-electron chi connectivity index (χ0n) is 4.18. The monoisotopic (exact) mass is 94.1 g/mol. The van der Waals surface area contributed by atoms with E-state index in [1.807, 2.05) is 13.0 Å². The summed E-state index contributed by atoms with van der Waals surface area (Å²) in [6, 6.07) is 0. The summed E-state index contributed by atoms with van der Waals surface area (Å²) in [6.45, 7) is 2.57. The van der Waals surface area contributed by atoms with E-state index in [2.05, 4.69) is 16.0 Å². The normalized spacial score (nSPS) is 17.0. The van der Waals surface area contributed by atoms with Gasteiger partial charge in [-0.05, 0) is 13.0 Å². The molecule has 36 valence electrons. The van der Waals surface area contributed by atoms with Crippen LogP contribution in [0.5, 0.6) is 0 Å². The Balaban J connectivity index is 2.89. The molecule has 0 fully saturated rings. The highest BCUT2D eigenvalue weighted by molar-refractivity contribution is 4.98. The van der Waals surface area contributed by atoms with Gasteiger partial charge in [0.15, 0.2) is 0 Å². The van der Waals surface area contributed by atoms with Gasteiger partial charge in [0, 0.05) is 0 Å². The van der Waals surface area contributed by atoms with Gasteiger partial charge in [0.05, 0.1) is 6.54 Å². The van der Waals surface area contributed by atoms with E-state index in [1.165, 1.54) is 0 Å². The molecule has 0 aliphatic carbocycles. The largest absolute Gasteiger partial charge is 0.184 e. The highest BCUT2D eigenvalue weighted by Gasteiger charge is 1.82. The molecule has 1 aliphatic heterocycles. The molecule has 0 spiro atoms. The van der Waals surface area contributed by atoms with Gasteiger partial charge < -0.3 is 0 Å². The number of nitrogens with zero attached hydrogens (tertiary/aromatic N) is 2. The zero-order chi connectivity index (χ0) is 5.11. The van der Waals surface area contributed by atoms with Gasteiger partial charge in [-0.15, -0.1) is 0 Å². The van der Waals surface area contributed by atoms with E-state index >= 15 is 0 Å². The first-order valence-corrected chi connectivity index (χ1v) is 2.19. The zero-order valence-corrected chi connectivity index (χ0v) is 4.18. The lowest BCUT2D eigenvalue weighted by atomic mass is 10.5. The number of hydrogen-bond acceptors (Lipinski definition) is 2. The van der Waals surface area contributed by atoms with Crippen LogP contribution in [-0.2, 0) is 0 Å². The maximum absolute atomic E-state index is 3.73. The molecular formula is C5H6N2. The van der Waals surface area contributed by atoms with Crippen LogP contribution < -0.4 is 0 Å².